The summed E-state index contributed by atoms with van der Waals surface area (Å²) in [6.45, 7) is 7.15. The summed E-state index contributed by atoms with van der Waals surface area (Å²) in [6.07, 6.45) is 0.724. The summed E-state index contributed by atoms with van der Waals surface area (Å²) in [5.74, 6) is 1.03. The summed E-state index contributed by atoms with van der Waals surface area (Å²) in [7, 11) is 1.70. The molecule has 2 atom stereocenters. The Morgan fingerprint density at radius 1 is 1.06 bits per heavy atom. The second kappa shape index (κ2) is 9.74. The zero-order valence-electron chi connectivity index (χ0n) is 19.9. The minimum Gasteiger partial charge on any atom is -0.495 e. The summed E-state index contributed by atoms with van der Waals surface area (Å²) in [5.41, 5.74) is 11.1. The molecular weight excluding hydrogens is 446 g/mol. The second-order valence-corrected chi connectivity index (χ2v) is 9.98. The third kappa shape index (κ3) is 4.53. The first-order valence-electron chi connectivity index (χ1n) is 11.8. The average molecular weight is 478 g/mol. The first-order valence-corrected chi connectivity index (χ1v) is 12.6. The quantitative estimate of drug-likeness (QED) is 0.584. The molecule has 5 rings (SSSR count). The highest BCUT2D eigenvalue weighted by molar-refractivity contribution is 7.15. The first-order chi connectivity index (χ1) is 16.5. The number of nitrogens with one attached hydrogen (secondary N) is 2. The van der Waals surface area contributed by atoms with Crippen LogP contribution in [0.25, 0.3) is 10.6 Å². The SMILES string of the molecule is COc1ccccc1N1CCN(C(=O)C2CC(c3sc(-c4cccc(C)c4)nc3C)NN2)CC1. The Morgan fingerprint density at radius 2 is 1.85 bits per heavy atom. The lowest BCUT2D eigenvalue weighted by Gasteiger charge is -2.37. The van der Waals surface area contributed by atoms with Gasteiger partial charge >= 0.3 is 0 Å². The molecule has 2 aliphatic rings. The smallest absolute Gasteiger partial charge is 0.241 e. The van der Waals surface area contributed by atoms with Gasteiger partial charge in [-0.25, -0.2) is 15.8 Å². The van der Waals surface area contributed by atoms with Crippen molar-refractivity contribution in [1.29, 1.82) is 0 Å². The van der Waals surface area contributed by atoms with Crippen molar-refractivity contribution in [3.63, 3.8) is 0 Å². The Hall–Kier alpha value is -2.94. The van der Waals surface area contributed by atoms with Gasteiger partial charge < -0.3 is 14.5 Å². The van der Waals surface area contributed by atoms with E-state index in [0.29, 0.717) is 13.1 Å². The summed E-state index contributed by atoms with van der Waals surface area (Å²) in [4.78, 5) is 23.5. The van der Waals surface area contributed by atoms with Crippen LogP contribution in [-0.4, -0.2) is 55.1 Å². The third-order valence-electron chi connectivity index (χ3n) is 6.63. The average Bonchev–Trinajstić information content (AvgIpc) is 3.50. The summed E-state index contributed by atoms with van der Waals surface area (Å²) < 4.78 is 5.51. The molecule has 8 heteroatoms. The highest BCUT2D eigenvalue weighted by Gasteiger charge is 2.35. The molecule has 2 aromatic carbocycles. The number of nitrogens with zero attached hydrogens (tertiary/aromatic N) is 3. The van der Waals surface area contributed by atoms with Crippen LogP contribution in [0.3, 0.4) is 0 Å². The number of rotatable bonds is 5. The molecule has 34 heavy (non-hydrogen) atoms. The Kier molecular flexibility index (Phi) is 6.54. The Morgan fingerprint density at radius 3 is 2.62 bits per heavy atom. The number of anilines is 1. The number of thiazole rings is 1. The van der Waals surface area contributed by atoms with Crippen molar-refractivity contribution in [1.82, 2.24) is 20.7 Å². The van der Waals surface area contributed by atoms with Crippen molar-refractivity contribution >= 4 is 22.9 Å². The van der Waals surface area contributed by atoms with Gasteiger partial charge in [-0.15, -0.1) is 11.3 Å². The van der Waals surface area contributed by atoms with Crippen molar-refractivity contribution in [2.45, 2.75) is 32.4 Å². The molecule has 2 aliphatic heterocycles. The van der Waals surface area contributed by atoms with Gasteiger partial charge in [0.05, 0.1) is 24.5 Å². The third-order valence-corrected chi connectivity index (χ3v) is 7.95. The molecule has 0 radical (unpaired) electrons. The highest BCUT2D eigenvalue weighted by Crippen LogP contribution is 2.35. The maximum atomic E-state index is 13.3. The number of hydrogen-bond acceptors (Lipinski definition) is 7. The van der Waals surface area contributed by atoms with E-state index in [-0.39, 0.29) is 18.0 Å². The van der Waals surface area contributed by atoms with Crippen LogP contribution in [0, 0.1) is 13.8 Å². The molecule has 0 saturated carbocycles. The van der Waals surface area contributed by atoms with Gasteiger partial charge in [0.25, 0.3) is 0 Å². The van der Waals surface area contributed by atoms with Gasteiger partial charge in [0.15, 0.2) is 0 Å². The normalized spacial score (nSPS) is 20.6. The molecular formula is C26H31N5O2S. The van der Waals surface area contributed by atoms with Crippen molar-refractivity contribution < 1.29 is 9.53 Å². The molecule has 1 amide bonds. The van der Waals surface area contributed by atoms with E-state index in [1.165, 1.54) is 10.4 Å². The lowest BCUT2D eigenvalue weighted by atomic mass is 10.1. The maximum absolute atomic E-state index is 13.3. The van der Waals surface area contributed by atoms with Gasteiger partial charge in [-0.1, -0.05) is 35.9 Å². The van der Waals surface area contributed by atoms with E-state index in [2.05, 4.69) is 59.9 Å². The lowest BCUT2D eigenvalue weighted by Crippen LogP contribution is -2.53. The number of carbonyl (C=O) groups excluding carboxylic acids is 1. The summed E-state index contributed by atoms with van der Waals surface area (Å²) >= 11 is 1.71. The number of hydrazine groups is 1. The molecule has 0 spiro atoms. The van der Waals surface area contributed by atoms with E-state index in [1.807, 2.05) is 23.1 Å². The van der Waals surface area contributed by atoms with Crippen molar-refractivity contribution in [3.05, 3.63) is 64.7 Å². The zero-order chi connectivity index (χ0) is 23.7. The standard InChI is InChI=1S/C26H31N5O2S/c1-17-7-6-8-19(15-17)25-27-18(2)24(34-25)20-16-21(29-28-20)26(32)31-13-11-30(12-14-31)22-9-4-5-10-23(22)33-3/h4-10,15,20-21,28-29H,11-14,16H2,1-3H3. The number of amides is 1. The van der Waals surface area contributed by atoms with Gasteiger partial charge in [-0.2, -0.15) is 0 Å². The fraction of sp³-hybridized carbons (Fsp3) is 0.385. The van der Waals surface area contributed by atoms with Crippen molar-refractivity contribution in [2.75, 3.05) is 38.2 Å². The van der Waals surface area contributed by atoms with E-state index in [4.69, 9.17) is 9.72 Å². The van der Waals surface area contributed by atoms with E-state index in [9.17, 15) is 4.79 Å². The van der Waals surface area contributed by atoms with Crippen LogP contribution in [-0.2, 0) is 4.79 Å². The van der Waals surface area contributed by atoms with Crippen LogP contribution >= 0.6 is 11.3 Å². The number of hydrogen-bond donors (Lipinski definition) is 2. The van der Waals surface area contributed by atoms with E-state index >= 15 is 0 Å². The van der Waals surface area contributed by atoms with Crippen LogP contribution in [0.4, 0.5) is 5.69 Å². The number of carbonyl (C=O) groups is 1. The number of benzene rings is 2. The van der Waals surface area contributed by atoms with Gasteiger partial charge in [0.2, 0.25) is 5.91 Å². The molecule has 1 aromatic heterocycles. The van der Waals surface area contributed by atoms with E-state index in [0.717, 1.165) is 47.2 Å². The number of aryl methyl sites for hydroxylation is 2. The van der Waals surface area contributed by atoms with E-state index < -0.39 is 0 Å². The van der Waals surface area contributed by atoms with Crippen LogP contribution in [0.1, 0.15) is 28.6 Å². The second-order valence-electron chi connectivity index (χ2n) is 8.95. The number of piperazine rings is 1. The largest absolute Gasteiger partial charge is 0.495 e. The molecule has 7 nitrogen and oxygen atoms in total. The van der Waals surface area contributed by atoms with Crippen LogP contribution in [0.15, 0.2) is 48.5 Å². The topological polar surface area (TPSA) is 69.7 Å². The van der Waals surface area contributed by atoms with Crippen LogP contribution < -0.4 is 20.5 Å². The van der Waals surface area contributed by atoms with Crippen LogP contribution in [0.2, 0.25) is 0 Å². The predicted octanol–water partition coefficient (Wildman–Crippen LogP) is 3.69. The molecule has 2 fully saturated rings. The minimum absolute atomic E-state index is 0.0832. The van der Waals surface area contributed by atoms with E-state index in [1.54, 1.807) is 18.4 Å². The fourth-order valence-corrected chi connectivity index (χ4v) is 5.93. The molecule has 2 unspecified atom stereocenters. The predicted molar refractivity (Wildman–Crippen MR) is 136 cm³/mol. The molecule has 2 N–H and O–H groups in total. The van der Waals surface area contributed by atoms with Gasteiger partial charge in [0.1, 0.15) is 16.8 Å². The molecule has 0 aliphatic carbocycles. The van der Waals surface area contributed by atoms with Crippen LogP contribution in [0.5, 0.6) is 5.75 Å². The number of methoxy groups -OCH3 is 1. The van der Waals surface area contributed by atoms with Gasteiger partial charge in [0, 0.05) is 36.6 Å². The number of aromatic nitrogens is 1. The molecule has 0 bridgehead atoms. The Balaban J connectivity index is 1.21. The number of para-hydroxylation sites is 2. The lowest BCUT2D eigenvalue weighted by molar-refractivity contribution is -0.133. The zero-order valence-corrected chi connectivity index (χ0v) is 20.7. The molecule has 2 saturated heterocycles. The molecule has 3 aromatic rings. The highest BCUT2D eigenvalue weighted by atomic mass is 32.1. The fourth-order valence-electron chi connectivity index (χ4n) is 4.80. The van der Waals surface area contributed by atoms with Gasteiger partial charge in [-0.3, -0.25) is 4.79 Å². The molecule has 3 heterocycles. The summed E-state index contributed by atoms with van der Waals surface area (Å²) in [6, 6.07) is 16.3. The van der Waals surface area contributed by atoms with Gasteiger partial charge in [-0.05, 0) is 38.5 Å². The maximum Gasteiger partial charge on any atom is 0.241 e. The minimum atomic E-state index is -0.230. The summed E-state index contributed by atoms with van der Waals surface area (Å²) in [5, 5.41) is 1.03. The number of ether oxygens (including phenoxy) is 1. The Labute approximate surface area is 204 Å². The van der Waals surface area contributed by atoms with Crippen molar-refractivity contribution in [2.24, 2.45) is 0 Å². The monoisotopic (exact) mass is 477 g/mol. The van der Waals surface area contributed by atoms with Crippen molar-refractivity contribution in [3.8, 4) is 16.3 Å². The Bertz CT molecular complexity index is 1170. The first kappa shape index (κ1) is 22.8. The molecule has 178 valence electrons.